The molecule has 90 valence electrons. The number of aryl methyl sites for hydroxylation is 1. The molecular weight excluding hydrogens is 244 g/mol. The summed E-state index contributed by atoms with van der Waals surface area (Å²) >= 11 is 5.90. The summed E-state index contributed by atoms with van der Waals surface area (Å²) in [7, 11) is 1.84. The molecule has 0 aliphatic heterocycles. The Bertz CT molecular complexity index is 565. The number of carbonyl (C=O) groups is 1. The van der Waals surface area contributed by atoms with E-state index in [4.69, 9.17) is 21.4 Å². The third-order valence-corrected chi connectivity index (χ3v) is 2.63. The first-order valence-corrected chi connectivity index (χ1v) is 5.36. The number of aliphatic carboxylic acids is 1. The lowest BCUT2D eigenvalue weighted by atomic mass is 10.3. The Hall–Kier alpha value is -1.59. The van der Waals surface area contributed by atoms with Crippen LogP contribution in [0.1, 0.15) is 5.82 Å². The van der Waals surface area contributed by atoms with E-state index in [0.717, 1.165) is 11.0 Å². The minimum Gasteiger partial charge on any atom is -0.480 e. The maximum atomic E-state index is 10.3. The Morgan fingerprint density at radius 2 is 2.35 bits per heavy atom. The molecule has 0 atom stereocenters. The minimum atomic E-state index is -0.994. The molecule has 0 aliphatic rings. The highest BCUT2D eigenvalue weighted by Crippen LogP contribution is 2.19. The van der Waals surface area contributed by atoms with Crippen molar-refractivity contribution < 1.29 is 14.6 Å². The van der Waals surface area contributed by atoms with Crippen LogP contribution in [0.5, 0.6) is 0 Å². The molecule has 0 unspecified atom stereocenters. The second kappa shape index (κ2) is 4.73. The molecular formula is C11H11ClN2O3. The Labute approximate surface area is 103 Å². The first-order valence-electron chi connectivity index (χ1n) is 4.98. The number of fused-ring (bicyclic) bond motifs is 1. The van der Waals surface area contributed by atoms with E-state index in [-0.39, 0.29) is 13.2 Å². The fourth-order valence-corrected chi connectivity index (χ4v) is 1.74. The summed E-state index contributed by atoms with van der Waals surface area (Å²) in [6.07, 6.45) is 0. The number of imidazole rings is 1. The molecule has 6 heteroatoms. The molecule has 0 bridgehead atoms. The van der Waals surface area contributed by atoms with Crippen LogP contribution in [0.25, 0.3) is 11.0 Å². The normalized spacial score (nSPS) is 10.9. The quantitative estimate of drug-likeness (QED) is 0.904. The number of ether oxygens (including phenoxy) is 1. The molecule has 1 aromatic heterocycles. The number of aromatic nitrogens is 2. The molecule has 1 heterocycles. The van der Waals surface area contributed by atoms with Crippen LogP contribution in [0.4, 0.5) is 0 Å². The van der Waals surface area contributed by atoms with Gasteiger partial charge in [-0.05, 0) is 18.2 Å². The number of rotatable bonds is 4. The summed E-state index contributed by atoms with van der Waals surface area (Å²) < 4.78 is 6.84. The van der Waals surface area contributed by atoms with Crippen LogP contribution >= 0.6 is 11.6 Å². The van der Waals surface area contributed by atoms with Gasteiger partial charge in [0.1, 0.15) is 19.0 Å². The fraction of sp³-hybridized carbons (Fsp3) is 0.273. The van der Waals surface area contributed by atoms with Gasteiger partial charge in [-0.3, -0.25) is 0 Å². The summed E-state index contributed by atoms with van der Waals surface area (Å²) in [5.74, 6) is -0.324. The van der Waals surface area contributed by atoms with Crippen molar-refractivity contribution in [1.82, 2.24) is 9.55 Å². The van der Waals surface area contributed by atoms with Crippen LogP contribution in [0, 0.1) is 0 Å². The molecule has 17 heavy (non-hydrogen) atoms. The highest BCUT2D eigenvalue weighted by atomic mass is 35.5. The van der Waals surface area contributed by atoms with Crippen molar-refractivity contribution in [1.29, 1.82) is 0 Å². The summed E-state index contributed by atoms with van der Waals surface area (Å²) in [4.78, 5) is 14.7. The summed E-state index contributed by atoms with van der Waals surface area (Å²) in [5.41, 5.74) is 1.71. The Kier molecular flexibility index (Phi) is 3.31. The van der Waals surface area contributed by atoms with Gasteiger partial charge in [-0.1, -0.05) is 11.6 Å². The maximum Gasteiger partial charge on any atom is 0.329 e. The third kappa shape index (κ3) is 2.57. The number of nitrogens with zero attached hydrogens (tertiary/aromatic N) is 2. The monoisotopic (exact) mass is 254 g/mol. The van der Waals surface area contributed by atoms with Gasteiger partial charge < -0.3 is 14.4 Å². The van der Waals surface area contributed by atoms with Gasteiger partial charge in [0.25, 0.3) is 0 Å². The summed E-state index contributed by atoms with van der Waals surface area (Å²) in [6.45, 7) is -0.168. The average Bonchev–Trinajstić information content (AvgIpc) is 2.56. The Balaban J connectivity index is 2.23. The lowest BCUT2D eigenvalue weighted by molar-refractivity contribution is -0.142. The van der Waals surface area contributed by atoms with Gasteiger partial charge in [-0.25, -0.2) is 9.78 Å². The summed E-state index contributed by atoms with van der Waals surface area (Å²) in [5, 5.41) is 9.10. The number of hydrogen-bond acceptors (Lipinski definition) is 3. The van der Waals surface area contributed by atoms with Crippen LogP contribution in [-0.2, 0) is 23.2 Å². The highest BCUT2D eigenvalue weighted by molar-refractivity contribution is 6.31. The lowest BCUT2D eigenvalue weighted by Gasteiger charge is -2.02. The van der Waals surface area contributed by atoms with E-state index in [9.17, 15) is 4.79 Å². The van der Waals surface area contributed by atoms with E-state index in [1.165, 1.54) is 0 Å². The first kappa shape index (κ1) is 11.9. The zero-order valence-electron chi connectivity index (χ0n) is 9.18. The molecule has 2 rings (SSSR count). The molecule has 0 saturated heterocycles. The highest BCUT2D eigenvalue weighted by Gasteiger charge is 2.08. The van der Waals surface area contributed by atoms with Crippen molar-refractivity contribution in [2.75, 3.05) is 6.61 Å². The van der Waals surface area contributed by atoms with Crippen LogP contribution in [-0.4, -0.2) is 27.2 Å². The number of hydrogen-bond donors (Lipinski definition) is 1. The fourth-order valence-electron chi connectivity index (χ4n) is 1.57. The van der Waals surface area contributed by atoms with Crippen molar-refractivity contribution in [3.63, 3.8) is 0 Å². The first-order chi connectivity index (χ1) is 8.08. The molecule has 0 saturated carbocycles. The van der Waals surface area contributed by atoms with Crippen LogP contribution in [0.2, 0.25) is 5.02 Å². The zero-order chi connectivity index (χ0) is 12.4. The maximum absolute atomic E-state index is 10.3. The Morgan fingerprint density at radius 1 is 1.59 bits per heavy atom. The molecule has 1 N–H and O–H groups in total. The smallest absolute Gasteiger partial charge is 0.329 e. The summed E-state index contributed by atoms with van der Waals surface area (Å²) in [6, 6.07) is 5.39. The van der Waals surface area contributed by atoms with Gasteiger partial charge in [0.05, 0.1) is 11.0 Å². The van der Waals surface area contributed by atoms with Crippen LogP contribution in [0.3, 0.4) is 0 Å². The van der Waals surface area contributed by atoms with E-state index in [0.29, 0.717) is 10.8 Å². The van der Waals surface area contributed by atoms with Crippen molar-refractivity contribution in [3.8, 4) is 0 Å². The minimum absolute atomic E-state index is 0.162. The molecule has 2 aromatic rings. The van der Waals surface area contributed by atoms with E-state index in [1.807, 2.05) is 23.7 Å². The SMILES string of the molecule is Cn1c(COCC(=O)O)nc2ccc(Cl)cc21. The van der Waals surface area contributed by atoms with Crippen LogP contribution in [0.15, 0.2) is 18.2 Å². The lowest BCUT2D eigenvalue weighted by Crippen LogP contribution is -2.09. The van der Waals surface area contributed by atoms with Gasteiger partial charge in [-0.15, -0.1) is 0 Å². The Morgan fingerprint density at radius 3 is 3.06 bits per heavy atom. The van der Waals surface area contributed by atoms with E-state index < -0.39 is 5.97 Å². The molecule has 0 amide bonds. The molecule has 0 radical (unpaired) electrons. The number of carboxylic acids is 1. The van der Waals surface area contributed by atoms with Gasteiger partial charge in [-0.2, -0.15) is 0 Å². The largest absolute Gasteiger partial charge is 0.480 e. The third-order valence-electron chi connectivity index (χ3n) is 2.39. The van der Waals surface area contributed by atoms with Crippen molar-refractivity contribution >= 4 is 28.6 Å². The van der Waals surface area contributed by atoms with Crippen LogP contribution < -0.4 is 0 Å². The standard InChI is InChI=1S/C11H11ClN2O3/c1-14-9-4-7(12)2-3-8(9)13-10(14)5-17-6-11(15)16/h2-4H,5-6H2,1H3,(H,15,16). The van der Waals surface area contributed by atoms with Crippen molar-refractivity contribution in [2.45, 2.75) is 6.61 Å². The molecule has 0 spiro atoms. The zero-order valence-corrected chi connectivity index (χ0v) is 9.94. The molecule has 0 fully saturated rings. The van der Waals surface area contributed by atoms with Gasteiger partial charge in [0.15, 0.2) is 0 Å². The van der Waals surface area contributed by atoms with Gasteiger partial charge in [0, 0.05) is 12.1 Å². The van der Waals surface area contributed by atoms with Crippen molar-refractivity contribution in [3.05, 3.63) is 29.0 Å². The van der Waals surface area contributed by atoms with E-state index in [2.05, 4.69) is 4.98 Å². The number of carboxylic acid groups (broad SMARTS) is 1. The molecule has 5 nitrogen and oxygen atoms in total. The van der Waals surface area contributed by atoms with Gasteiger partial charge in [0.2, 0.25) is 0 Å². The average molecular weight is 255 g/mol. The second-order valence-corrected chi connectivity index (χ2v) is 4.04. The predicted octanol–water partition coefficient (Wildman–Crippen LogP) is 1.83. The number of halogens is 1. The molecule has 1 aromatic carbocycles. The molecule has 0 aliphatic carbocycles. The second-order valence-electron chi connectivity index (χ2n) is 3.61. The predicted molar refractivity (Wildman–Crippen MR) is 63.0 cm³/mol. The van der Waals surface area contributed by atoms with E-state index in [1.54, 1.807) is 6.07 Å². The van der Waals surface area contributed by atoms with E-state index >= 15 is 0 Å². The van der Waals surface area contributed by atoms with Gasteiger partial charge >= 0.3 is 5.97 Å². The topological polar surface area (TPSA) is 64.3 Å². The van der Waals surface area contributed by atoms with Crippen molar-refractivity contribution in [2.24, 2.45) is 7.05 Å². The number of benzene rings is 1.